The number of amidine groups is 1. The van der Waals surface area contributed by atoms with E-state index < -0.39 is 0 Å². The molecule has 4 rings (SSSR count). The number of para-hydroxylation sites is 1. The van der Waals surface area contributed by atoms with Crippen LogP contribution in [0.5, 0.6) is 17.2 Å². The van der Waals surface area contributed by atoms with E-state index in [1.165, 1.54) is 5.56 Å². The smallest absolute Gasteiger partial charge is 0.203 e. The Hall–Kier alpha value is -3.67. The van der Waals surface area contributed by atoms with Gasteiger partial charge in [-0.3, -0.25) is 0 Å². The summed E-state index contributed by atoms with van der Waals surface area (Å²) in [5.74, 6) is 2.55. The fourth-order valence-electron chi connectivity index (χ4n) is 3.89. The number of ether oxygens (including phenoxy) is 3. The standard InChI is InChI=1S/C25H27N3O3/c1-16-9-8-10-18(13-16)26-25-19-11-6-7-12-20(19)27-24(28(25)2)17-14-21(29-3)23(31-5)22(15-17)30-4/h6-15,25-26H,1-5H3. The number of fused-ring (bicyclic) bond motifs is 1. The Morgan fingerprint density at radius 2 is 1.58 bits per heavy atom. The van der Waals surface area contributed by atoms with Gasteiger partial charge >= 0.3 is 0 Å². The summed E-state index contributed by atoms with van der Waals surface area (Å²) in [6.07, 6.45) is -0.0930. The Morgan fingerprint density at radius 1 is 0.871 bits per heavy atom. The number of nitrogens with zero attached hydrogens (tertiary/aromatic N) is 2. The van der Waals surface area contributed by atoms with Gasteiger partial charge < -0.3 is 24.4 Å². The first-order valence-corrected chi connectivity index (χ1v) is 10.1. The number of hydrogen-bond donors (Lipinski definition) is 1. The molecule has 31 heavy (non-hydrogen) atoms. The van der Waals surface area contributed by atoms with Crippen molar-refractivity contribution in [1.29, 1.82) is 0 Å². The zero-order valence-corrected chi connectivity index (χ0v) is 18.5. The van der Waals surface area contributed by atoms with Crippen molar-refractivity contribution in [2.24, 2.45) is 4.99 Å². The molecule has 0 radical (unpaired) electrons. The van der Waals surface area contributed by atoms with Crippen molar-refractivity contribution in [2.45, 2.75) is 13.1 Å². The Bertz CT molecular complexity index is 1100. The van der Waals surface area contributed by atoms with Crippen molar-refractivity contribution >= 4 is 17.2 Å². The first-order chi connectivity index (χ1) is 15.0. The molecule has 1 aliphatic heterocycles. The molecule has 1 N–H and O–H groups in total. The first kappa shape index (κ1) is 20.6. The lowest BCUT2D eigenvalue weighted by Crippen LogP contribution is -2.38. The molecular weight excluding hydrogens is 390 g/mol. The maximum atomic E-state index is 5.56. The Kier molecular flexibility index (Phi) is 5.71. The minimum absolute atomic E-state index is 0.0930. The largest absolute Gasteiger partial charge is 0.493 e. The van der Waals surface area contributed by atoms with Crippen molar-refractivity contribution in [1.82, 2.24) is 4.90 Å². The van der Waals surface area contributed by atoms with Gasteiger partial charge in [0, 0.05) is 23.9 Å². The summed E-state index contributed by atoms with van der Waals surface area (Å²) in [7, 11) is 6.86. The van der Waals surface area contributed by atoms with E-state index in [1.807, 2.05) is 37.4 Å². The molecule has 6 nitrogen and oxygen atoms in total. The van der Waals surface area contributed by atoms with Gasteiger partial charge in [-0.15, -0.1) is 0 Å². The van der Waals surface area contributed by atoms with Crippen LogP contribution in [0.15, 0.2) is 65.7 Å². The summed E-state index contributed by atoms with van der Waals surface area (Å²) < 4.78 is 16.6. The normalized spacial score (nSPS) is 15.1. The third kappa shape index (κ3) is 3.89. The fraction of sp³-hybridized carbons (Fsp3) is 0.240. The van der Waals surface area contributed by atoms with Gasteiger partial charge in [-0.05, 0) is 42.8 Å². The molecule has 1 aliphatic rings. The van der Waals surface area contributed by atoms with Crippen LogP contribution in [0.3, 0.4) is 0 Å². The zero-order chi connectivity index (χ0) is 22.0. The number of aryl methyl sites for hydroxylation is 1. The van der Waals surface area contributed by atoms with E-state index in [1.54, 1.807) is 21.3 Å². The number of hydrogen-bond acceptors (Lipinski definition) is 6. The van der Waals surface area contributed by atoms with Crippen LogP contribution in [-0.4, -0.2) is 39.1 Å². The maximum absolute atomic E-state index is 5.56. The van der Waals surface area contributed by atoms with E-state index in [-0.39, 0.29) is 6.17 Å². The SMILES string of the molecule is COc1cc(C2=Nc3ccccc3C(Nc3cccc(C)c3)N2C)cc(OC)c1OC. The second-order valence-electron chi connectivity index (χ2n) is 7.44. The van der Waals surface area contributed by atoms with E-state index in [4.69, 9.17) is 19.2 Å². The summed E-state index contributed by atoms with van der Waals surface area (Å²) in [6.45, 7) is 2.09. The molecule has 0 saturated heterocycles. The highest BCUT2D eigenvalue weighted by atomic mass is 16.5. The van der Waals surface area contributed by atoms with Crippen LogP contribution < -0.4 is 19.5 Å². The molecule has 0 spiro atoms. The molecule has 3 aromatic rings. The molecule has 1 unspecified atom stereocenters. The van der Waals surface area contributed by atoms with Crippen LogP contribution in [0.4, 0.5) is 11.4 Å². The molecule has 0 aromatic heterocycles. The predicted molar refractivity (Wildman–Crippen MR) is 124 cm³/mol. The van der Waals surface area contributed by atoms with Gasteiger partial charge in [0.2, 0.25) is 5.75 Å². The van der Waals surface area contributed by atoms with Crippen molar-refractivity contribution in [3.8, 4) is 17.2 Å². The van der Waals surface area contributed by atoms with Crippen molar-refractivity contribution in [3.63, 3.8) is 0 Å². The minimum Gasteiger partial charge on any atom is -0.493 e. The van der Waals surface area contributed by atoms with Crippen LogP contribution >= 0.6 is 0 Å². The number of nitrogens with one attached hydrogen (secondary N) is 1. The monoisotopic (exact) mass is 417 g/mol. The summed E-state index contributed by atoms with van der Waals surface area (Å²) in [4.78, 5) is 7.09. The number of methoxy groups -OCH3 is 3. The average Bonchev–Trinajstić information content (AvgIpc) is 2.79. The lowest BCUT2D eigenvalue weighted by Gasteiger charge is -2.36. The lowest BCUT2D eigenvalue weighted by molar-refractivity contribution is 0.324. The van der Waals surface area contributed by atoms with Gasteiger partial charge in [0.05, 0.1) is 27.0 Å². The van der Waals surface area contributed by atoms with Gasteiger partial charge in [0.25, 0.3) is 0 Å². The maximum Gasteiger partial charge on any atom is 0.203 e. The summed E-state index contributed by atoms with van der Waals surface area (Å²) in [6, 6.07) is 20.4. The summed E-state index contributed by atoms with van der Waals surface area (Å²) in [5, 5.41) is 3.67. The molecule has 3 aromatic carbocycles. The van der Waals surface area contributed by atoms with Crippen molar-refractivity contribution < 1.29 is 14.2 Å². The zero-order valence-electron chi connectivity index (χ0n) is 18.5. The van der Waals surface area contributed by atoms with E-state index in [0.29, 0.717) is 17.2 Å². The van der Waals surface area contributed by atoms with Crippen molar-refractivity contribution in [2.75, 3.05) is 33.7 Å². The first-order valence-electron chi connectivity index (χ1n) is 10.1. The quantitative estimate of drug-likeness (QED) is 0.601. The molecule has 0 saturated carbocycles. The molecule has 0 bridgehead atoms. The van der Waals surface area contributed by atoms with Crippen LogP contribution in [0.1, 0.15) is 22.9 Å². The minimum atomic E-state index is -0.0930. The number of rotatable bonds is 6. The van der Waals surface area contributed by atoms with Crippen LogP contribution in [0, 0.1) is 6.92 Å². The lowest BCUT2D eigenvalue weighted by atomic mass is 10.0. The highest BCUT2D eigenvalue weighted by molar-refractivity contribution is 6.03. The van der Waals surface area contributed by atoms with E-state index >= 15 is 0 Å². The Morgan fingerprint density at radius 3 is 2.23 bits per heavy atom. The van der Waals surface area contributed by atoms with E-state index in [2.05, 4.69) is 47.5 Å². The van der Waals surface area contributed by atoms with Crippen molar-refractivity contribution in [3.05, 3.63) is 77.4 Å². The number of benzene rings is 3. The van der Waals surface area contributed by atoms with Gasteiger partial charge in [-0.25, -0.2) is 4.99 Å². The highest BCUT2D eigenvalue weighted by Crippen LogP contribution is 2.41. The second-order valence-corrected chi connectivity index (χ2v) is 7.44. The summed E-state index contributed by atoms with van der Waals surface area (Å²) in [5.41, 5.74) is 5.17. The number of anilines is 1. The highest BCUT2D eigenvalue weighted by Gasteiger charge is 2.29. The molecule has 1 atom stereocenters. The van der Waals surface area contributed by atoms with Gasteiger partial charge in [0.1, 0.15) is 12.0 Å². The summed E-state index contributed by atoms with van der Waals surface area (Å²) >= 11 is 0. The van der Waals surface area contributed by atoms with Crippen LogP contribution in [-0.2, 0) is 0 Å². The van der Waals surface area contributed by atoms with Crippen LogP contribution in [0.25, 0.3) is 0 Å². The van der Waals surface area contributed by atoms with E-state index in [0.717, 1.165) is 28.3 Å². The van der Waals surface area contributed by atoms with E-state index in [9.17, 15) is 0 Å². The molecule has 1 heterocycles. The van der Waals surface area contributed by atoms with Gasteiger partial charge in [-0.1, -0.05) is 30.3 Å². The molecular formula is C25H27N3O3. The predicted octanol–water partition coefficient (Wildman–Crippen LogP) is 5.16. The average molecular weight is 418 g/mol. The molecule has 0 fully saturated rings. The molecule has 0 amide bonds. The van der Waals surface area contributed by atoms with Crippen LogP contribution in [0.2, 0.25) is 0 Å². The fourth-order valence-corrected chi connectivity index (χ4v) is 3.89. The third-order valence-corrected chi connectivity index (χ3v) is 5.42. The molecule has 6 heteroatoms. The molecule has 160 valence electrons. The second kappa shape index (κ2) is 8.60. The topological polar surface area (TPSA) is 55.3 Å². The Labute approximate surface area is 183 Å². The number of aliphatic imine (C=N–C) groups is 1. The third-order valence-electron chi connectivity index (χ3n) is 5.42. The van der Waals surface area contributed by atoms with Gasteiger partial charge in [0.15, 0.2) is 11.5 Å². The Balaban J connectivity index is 1.81. The van der Waals surface area contributed by atoms with Gasteiger partial charge in [-0.2, -0.15) is 0 Å². The molecule has 0 aliphatic carbocycles.